The molecule has 0 radical (unpaired) electrons. The highest BCUT2D eigenvalue weighted by molar-refractivity contribution is 5.80. The monoisotopic (exact) mass is 716 g/mol. The topological polar surface area (TPSA) is 89.8 Å². The van der Waals surface area contributed by atoms with Crippen LogP contribution in [0.5, 0.6) is 0 Å². The van der Waals surface area contributed by atoms with Crippen LogP contribution in [0.25, 0.3) is 0 Å². The first-order valence-electron chi connectivity index (χ1n) is 22.0. The molecule has 3 unspecified atom stereocenters. The number of aliphatic hydroxyl groups is 3. The van der Waals surface area contributed by atoms with Gasteiger partial charge in [-0.3, -0.25) is 4.79 Å². The molecular formula is C46H85NO4. The number of hydrogen-bond acceptors (Lipinski definition) is 4. The molecule has 0 aromatic heterocycles. The predicted molar refractivity (Wildman–Crippen MR) is 222 cm³/mol. The lowest BCUT2D eigenvalue weighted by Gasteiger charge is -2.21. The summed E-state index contributed by atoms with van der Waals surface area (Å²) < 4.78 is 0. The van der Waals surface area contributed by atoms with E-state index in [4.69, 9.17) is 0 Å². The molecule has 5 heteroatoms. The van der Waals surface area contributed by atoms with Gasteiger partial charge in [0.15, 0.2) is 0 Å². The summed E-state index contributed by atoms with van der Waals surface area (Å²) >= 11 is 0. The Morgan fingerprint density at radius 3 is 1.27 bits per heavy atom. The molecule has 3 atom stereocenters. The van der Waals surface area contributed by atoms with Gasteiger partial charge in [-0.25, -0.2) is 0 Å². The van der Waals surface area contributed by atoms with E-state index in [0.717, 1.165) is 51.4 Å². The quantitative estimate of drug-likeness (QED) is 0.0377. The first kappa shape index (κ1) is 49.3. The van der Waals surface area contributed by atoms with Gasteiger partial charge in [-0.2, -0.15) is 0 Å². The molecule has 0 heterocycles. The Morgan fingerprint density at radius 1 is 0.471 bits per heavy atom. The summed E-state index contributed by atoms with van der Waals surface area (Å²) in [7, 11) is 0. The summed E-state index contributed by atoms with van der Waals surface area (Å²) in [6, 6.07) is -0.820. The Bertz CT molecular complexity index is 835. The lowest BCUT2D eigenvalue weighted by Crippen LogP contribution is -2.48. The zero-order chi connectivity index (χ0) is 37.3. The van der Waals surface area contributed by atoms with Gasteiger partial charge in [0.1, 0.15) is 6.10 Å². The molecular weight excluding hydrogens is 631 g/mol. The van der Waals surface area contributed by atoms with Crippen molar-refractivity contribution >= 4 is 5.91 Å². The Balaban J connectivity index is 3.62. The van der Waals surface area contributed by atoms with Crippen molar-refractivity contribution < 1.29 is 20.1 Å². The number of carbonyl (C=O) groups excluding carboxylic acids is 1. The fourth-order valence-corrected chi connectivity index (χ4v) is 6.39. The van der Waals surface area contributed by atoms with Crippen LogP contribution in [0.2, 0.25) is 0 Å². The van der Waals surface area contributed by atoms with Crippen LogP contribution in [0.1, 0.15) is 213 Å². The van der Waals surface area contributed by atoms with E-state index in [9.17, 15) is 20.1 Å². The molecule has 298 valence electrons. The summed E-state index contributed by atoms with van der Waals surface area (Å²) in [5, 5.41) is 33.0. The van der Waals surface area contributed by atoms with E-state index in [2.05, 4.69) is 55.6 Å². The third kappa shape index (κ3) is 36.5. The van der Waals surface area contributed by atoms with Gasteiger partial charge in [-0.15, -0.1) is 0 Å². The van der Waals surface area contributed by atoms with Gasteiger partial charge >= 0.3 is 0 Å². The molecule has 0 aliphatic rings. The molecule has 0 saturated carbocycles. The van der Waals surface area contributed by atoms with E-state index in [0.29, 0.717) is 6.42 Å². The summed E-state index contributed by atoms with van der Waals surface area (Å²) in [6.45, 7) is 4.09. The van der Waals surface area contributed by atoms with Crippen LogP contribution in [-0.2, 0) is 4.79 Å². The predicted octanol–water partition coefficient (Wildman–Crippen LogP) is 12.5. The minimum absolute atomic E-state index is 0.383. The second-order valence-corrected chi connectivity index (χ2v) is 14.9. The van der Waals surface area contributed by atoms with E-state index < -0.39 is 24.2 Å². The number of unbranched alkanes of at least 4 members (excludes halogenated alkanes) is 25. The minimum atomic E-state index is -1.11. The average Bonchev–Trinajstić information content (AvgIpc) is 3.13. The number of rotatable bonds is 39. The van der Waals surface area contributed by atoms with Crippen LogP contribution in [0, 0.1) is 0 Å². The molecule has 0 saturated heterocycles. The molecule has 0 aliphatic heterocycles. The SMILES string of the molecule is CCC/C=C/CC/C=C/CC/C=C/C(O)C(CO)NC(=O)C(O)CCCCCCCCCCCC/C=C\CCCCCCCCCCCCCC. The van der Waals surface area contributed by atoms with E-state index in [1.54, 1.807) is 6.08 Å². The zero-order valence-electron chi connectivity index (χ0n) is 33.7. The highest BCUT2D eigenvalue weighted by Crippen LogP contribution is 2.15. The Hall–Kier alpha value is -1.69. The highest BCUT2D eigenvalue weighted by Gasteiger charge is 2.22. The first-order valence-corrected chi connectivity index (χ1v) is 22.0. The second-order valence-electron chi connectivity index (χ2n) is 14.9. The number of aliphatic hydroxyl groups excluding tert-OH is 3. The Labute approximate surface area is 316 Å². The molecule has 51 heavy (non-hydrogen) atoms. The molecule has 1 amide bonds. The smallest absolute Gasteiger partial charge is 0.249 e. The van der Waals surface area contributed by atoms with Crippen molar-refractivity contribution in [1.29, 1.82) is 0 Å². The van der Waals surface area contributed by atoms with Crippen LogP contribution in [0.15, 0.2) is 48.6 Å². The largest absolute Gasteiger partial charge is 0.394 e. The normalized spacial score (nSPS) is 14.1. The van der Waals surface area contributed by atoms with Crippen LogP contribution < -0.4 is 5.32 Å². The lowest BCUT2D eigenvalue weighted by molar-refractivity contribution is -0.131. The molecule has 0 aromatic carbocycles. The minimum Gasteiger partial charge on any atom is -0.394 e. The maximum Gasteiger partial charge on any atom is 0.249 e. The molecule has 0 aliphatic carbocycles. The second kappa shape index (κ2) is 41.1. The van der Waals surface area contributed by atoms with E-state index in [1.165, 1.54) is 141 Å². The maximum atomic E-state index is 12.4. The van der Waals surface area contributed by atoms with Gasteiger partial charge in [0.05, 0.1) is 18.8 Å². The molecule has 0 spiro atoms. The van der Waals surface area contributed by atoms with E-state index >= 15 is 0 Å². The molecule has 0 rings (SSSR count). The van der Waals surface area contributed by atoms with Crippen molar-refractivity contribution in [2.75, 3.05) is 6.61 Å². The van der Waals surface area contributed by atoms with E-state index in [1.807, 2.05) is 6.08 Å². The van der Waals surface area contributed by atoms with Crippen molar-refractivity contribution in [1.82, 2.24) is 5.32 Å². The summed E-state index contributed by atoms with van der Waals surface area (Å²) in [5.41, 5.74) is 0. The van der Waals surface area contributed by atoms with E-state index in [-0.39, 0.29) is 6.61 Å². The van der Waals surface area contributed by atoms with Gasteiger partial charge in [-0.1, -0.05) is 197 Å². The van der Waals surface area contributed by atoms with Crippen molar-refractivity contribution in [2.45, 2.75) is 231 Å². The van der Waals surface area contributed by atoms with Crippen molar-refractivity contribution in [3.8, 4) is 0 Å². The van der Waals surface area contributed by atoms with Crippen LogP contribution in [0.3, 0.4) is 0 Å². The van der Waals surface area contributed by atoms with Gasteiger partial charge in [0, 0.05) is 0 Å². The number of nitrogens with one attached hydrogen (secondary N) is 1. The van der Waals surface area contributed by atoms with Gasteiger partial charge < -0.3 is 20.6 Å². The summed E-state index contributed by atoms with van der Waals surface area (Å²) in [5.74, 6) is -0.521. The van der Waals surface area contributed by atoms with Crippen LogP contribution in [0.4, 0.5) is 0 Å². The summed E-state index contributed by atoms with van der Waals surface area (Å²) in [4.78, 5) is 12.4. The highest BCUT2D eigenvalue weighted by atomic mass is 16.3. The van der Waals surface area contributed by atoms with Crippen LogP contribution >= 0.6 is 0 Å². The van der Waals surface area contributed by atoms with Crippen molar-refractivity contribution in [3.63, 3.8) is 0 Å². The molecule has 0 aromatic rings. The maximum absolute atomic E-state index is 12.4. The lowest BCUT2D eigenvalue weighted by atomic mass is 10.0. The first-order chi connectivity index (χ1) is 25.1. The van der Waals surface area contributed by atoms with Crippen molar-refractivity contribution in [3.05, 3.63) is 48.6 Å². The average molecular weight is 716 g/mol. The Morgan fingerprint density at radius 2 is 0.843 bits per heavy atom. The number of hydrogen-bond donors (Lipinski definition) is 4. The molecule has 4 N–H and O–H groups in total. The Kier molecular flexibility index (Phi) is 39.7. The number of amides is 1. The van der Waals surface area contributed by atoms with Gasteiger partial charge in [-0.05, 0) is 64.2 Å². The number of carbonyl (C=O) groups is 1. The van der Waals surface area contributed by atoms with Gasteiger partial charge in [0.2, 0.25) is 5.91 Å². The molecule has 0 fully saturated rings. The van der Waals surface area contributed by atoms with Crippen molar-refractivity contribution in [2.24, 2.45) is 0 Å². The van der Waals surface area contributed by atoms with Gasteiger partial charge in [0.25, 0.3) is 0 Å². The molecule has 0 bridgehead atoms. The fraction of sp³-hybridized carbons (Fsp3) is 0.804. The summed E-state index contributed by atoms with van der Waals surface area (Å²) in [6.07, 6.45) is 53.0. The third-order valence-electron chi connectivity index (χ3n) is 9.85. The third-order valence-corrected chi connectivity index (χ3v) is 9.85. The standard InChI is InChI=1S/C46H85NO4/c1-3-5-7-9-11-13-15-16-17-18-19-20-21-22-23-24-25-26-27-28-29-31-33-35-37-39-41-45(50)46(51)47-43(42-48)44(49)40-38-36-34-32-30-14-12-10-8-6-4-2/h8,10,22-23,30,32,38,40,43-45,48-50H,3-7,9,11-21,24-29,31,33-37,39,41-42H2,1-2H3,(H,47,51)/b10-8+,23-22-,32-30+,40-38+. The fourth-order valence-electron chi connectivity index (χ4n) is 6.39. The molecule has 5 nitrogen and oxygen atoms in total. The van der Waals surface area contributed by atoms with Crippen LogP contribution in [-0.4, -0.2) is 46.1 Å². The number of allylic oxidation sites excluding steroid dienone is 7. The zero-order valence-corrected chi connectivity index (χ0v) is 33.7.